The van der Waals surface area contributed by atoms with Gasteiger partial charge in [0, 0.05) is 36.8 Å². The lowest BCUT2D eigenvalue weighted by Gasteiger charge is -2.42. The van der Waals surface area contributed by atoms with Crippen molar-refractivity contribution in [3.05, 3.63) is 90.1 Å². The highest BCUT2D eigenvalue weighted by Crippen LogP contribution is 2.36. The summed E-state index contributed by atoms with van der Waals surface area (Å²) in [6.45, 7) is 4.89. The molecule has 0 radical (unpaired) electrons. The van der Waals surface area contributed by atoms with E-state index in [-0.39, 0.29) is 23.6 Å². The normalized spacial score (nSPS) is 18.8. The Morgan fingerprint density at radius 1 is 1.06 bits per heavy atom. The van der Waals surface area contributed by atoms with Crippen molar-refractivity contribution in [2.75, 3.05) is 19.6 Å². The molecule has 7 nitrogen and oxygen atoms in total. The van der Waals surface area contributed by atoms with Crippen molar-refractivity contribution in [3.8, 4) is 5.75 Å². The van der Waals surface area contributed by atoms with Crippen LogP contribution in [0.5, 0.6) is 5.75 Å². The molecule has 0 saturated carbocycles. The Hall–Kier alpha value is -3.23. The number of rotatable bonds is 8. The molecule has 1 amide bonds. The molecule has 35 heavy (non-hydrogen) atoms. The van der Waals surface area contributed by atoms with Crippen LogP contribution in [-0.4, -0.2) is 49.4 Å². The first-order chi connectivity index (χ1) is 16.8. The molecule has 1 unspecified atom stereocenters. The Bertz CT molecular complexity index is 1230. The van der Waals surface area contributed by atoms with Crippen LogP contribution in [0.4, 0.5) is 0 Å². The Labute approximate surface area is 207 Å². The summed E-state index contributed by atoms with van der Waals surface area (Å²) in [5, 5.41) is 3.10. The number of carbonyl (C=O) groups is 1. The van der Waals surface area contributed by atoms with Crippen LogP contribution in [0.15, 0.2) is 84.0 Å². The van der Waals surface area contributed by atoms with Gasteiger partial charge in [-0.2, -0.15) is 4.31 Å². The lowest BCUT2D eigenvalue weighted by molar-refractivity contribution is 0.0932. The molecule has 184 valence electrons. The van der Waals surface area contributed by atoms with Crippen molar-refractivity contribution in [2.45, 2.75) is 43.2 Å². The highest BCUT2D eigenvalue weighted by atomic mass is 32.2. The molecule has 2 heterocycles. The molecule has 1 atom stereocenters. The molecule has 1 fully saturated rings. The number of benzene rings is 2. The van der Waals surface area contributed by atoms with Gasteiger partial charge in [0.25, 0.3) is 15.9 Å². The van der Waals surface area contributed by atoms with Gasteiger partial charge < -0.3 is 10.1 Å². The number of carbonyl (C=O) groups excluding carboxylic acids is 1. The predicted molar refractivity (Wildman–Crippen MR) is 135 cm³/mol. The van der Waals surface area contributed by atoms with E-state index in [2.05, 4.69) is 10.3 Å². The number of hydrogen-bond acceptors (Lipinski definition) is 5. The maximum Gasteiger partial charge on any atom is 0.260 e. The maximum atomic E-state index is 13.3. The van der Waals surface area contributed by atoms with Crippen LogP contribution in [0.3, 0.4) is 0 Å². The summed E-state index contributed by atoms with van der Waals surface area (Å²) in [6, 6.07) is 21.7. The quantitative estimate of drug-likeness (QED) is 0.512. The van der Waals surface area contributed by atoms with E-state index in [9.17, 15) is 13.2 Å². The molecule has 0 aliphatic carbocycles. The van der Waals surface area contributed by atoms with Crippen molar-refractivity contribution in [1.29, 1.82) is 0 Å². The zero-order chi connectivity index (χ0) is 24.9. The molecule has 0 bridgehead atoms. The smallest absolute Gasteiger partial charge is 0.260 e. The summed E-state index contributed by atoms with van der Waals surface area (Å²) >= 11 is 0. The second-order valence-electron chi connectivity index (χ2n) is 9.13. The van der Waals surface area contributed by atoms with E-state index in [1.54, 1.807) is 36.4 Å². The fourth-order valence-electron chi connectivity index (χ4n) is 4.51. The van der Waals surface area contributed by atoms with E-state index in [1.165, 1.54) is 16.6 Å². The average Bonchev–Trinajstić information content (AvgIpc) is 2.88. The minimum Gasteiger partial charge on any atom is -0.491 e. The minimum atomic E-state index is -3.75. The number of hydrogen-bond donors (Lipinski definition) is 1. The number of aromatic nitrogens is 1. The number of piperidine rings is 1. The van der Waals surface area contributed by atoms with Gasteiger partial charge in [0.2, 0.25) is 0 Å². The molecule has 1 aliphatic rings. The molecular weight excluding hydrogens is 462 g/mol. The lowest BCUT2D eigenvalue weighted by atomic mass is 9.74. The van der Waals surface area contributed by atoms with E-state index in [4.69, 9.17) is 4.74 Å². The second kappa shape index (κ2) is 10.6. The summed E-state index contributed by atoms with van der Waals surface area (Å²) in [4.78, 5) is 17.1. The maximum absolute atomic E-state index is 13.3. The van der Waals surface area contributed by atoms with Gasteiger partial charge in [0.05, 0.1) is 6.10 Å². The van der Waals surface area contributed by atoms with Crippen LogP contribution in [-0.2, 0) is 15.4 Å². The number of pyridine rings is 1. The van der Waals surface area contributed by atoms with Gasteiger partial charge in [-0.15, -0.1) is 0 Å². The Morgan fingerprint density at radius 3 is 2.43 bits per heavy atom. The van der Waals surface area contributed by atoms with E-state index in [0.717, 1.165) is 12.0 Å². The first-order valence-corrected chi connectivity index (χ1v) is 13.3. The summed E-state index contributed by atoms with van der Waals surface area (Å²) in [6.07, 6.45) is 2.97. The van der Waals surface area contributed by atoms with Crippen LogP contribution < -0.4 is 10.1 Å². The third kappa shape index (κ3) is 5.71. The third-order valence-electron chi connectivity index (χ3n) is 6.25. The van der Waals surface area contributed by atoms with Crippen molar-refractivity contribution >= 4 is 15.9 Å². The van der Waals surface area contributed by atoms with Crippen LogP contribution >= 0.6 is 0 Å². The minimum absolute atomic E-state index is 0.0385. The van der Waals surface area contributed by atoms with E-state index < -0.39 is 15.4 Å². The summed E-state index contributed by atoms with van der Waals surface area (Å²) in [5.41, 5.74) is 0.970. The van der Waals surface area contributed by atoms with Gasteiger partial charge in [0.15, 0.2) is 5.03 Å². The lowest BCUT2D eigenvalue weighted by Crippen LogP contribution is -2.53. The topological polar surface area (TPSA) is 88.6 Å². The predicted octanol–water partition coefficient (Wildman–Crippen LogP) is 4.02. The fraction of sp³-hybridized carbons (Fsp3) is 0.333. The molecule has 3 aromatic rings. The van der Waals surface area contributed by atoms with Crippen LogP contribution in [0.1, 0.15) is 42.6 Å². The summed E-state index contributed by atoms with van der Waals surface area (Å²) in [5.74, 6) is 0.501. The number of ether oxygens (including phenoxy) is 1. The van der Waals surface area contributed by atoms with Gasteiger partial charge in [-0.3, -0.25) is 4.79 Å². The van der Waals surface area contributed by atoms with Gasteiger partial charge >= 0.3 is 0 Å². The highest BCUT2D eigenvalue weighted by Gasteiger charge is 2.42. The van der Waals surface area contributed by atoms with Crippen molar-refractivity contribution in [1.82, 2.24) is 14.6 Å². The monoisotopic (exact) mass is 493 g/mol. The van der Waals surface area contributed by atoms with Crippen molar-refractivity contribution < 1.29 is 17.9 Å². The molecular formula is C27H31N3O4S. The van der Waals surface area contributed by atoms with Crippen LogP contribution in [0, 0.1) is 0 Å². The largest absolute Gasteiger partial charge is 0.491 e. The molecule has 8 heteroatoms. The average molecular weight is 494 g/mol. The standard InChI is InChI=1S/C27H31N3O4S/c1-21(2)34-24-14-12-22(13-15-24)26(31)29-19-27(23-9-4-3-5-10-23)16-8-18-30(20-27)35(32,33)25-11-6-7-17-28-25/h3-7,9-15,17,21H,8,16,18-20H2,1-2H3,(H,29,31). The summed E-state index contributed by atoms with van der Waals surface area (Å²) < 4.78 is 33.8. The van der Waals surface area contributed by atoms with Gasteiger partial charge in [0.1, 0.15) is 5.75 Å². The second-order valence-corrected chi connectivity index (χ2v) is 11.0. The van der Waals surface area contributed by atoms with E-state index >= 15 is 0 Å². The summed E-state index contributed by atoms with van der Waals surface area (Å²) in [7, 11) is -3.75. The number of sulfonamides is 1. The third-order valence-corrected chi connectivity index (χ3v) is 8.01. The SMILES string of the molecule is CC(C)Oc1ccc(C(=O)NCC2(c3ccccc3)CCCN(S(=O)(=O)c3ccccn3)C2)cc1. The molecule has 0 spiro atoms. The number of amides is 1. The van der Waals surface area contributed by atoms with Gasteiger partial charge in [-0.05, 0) is 68.7 Å². The molecule has 1 aliphatic heterocycles. The Morgan fingerprint density at radius 2 is 1.77 bits per heavy atom. The highest BCUT2D eigenvalue weighted by molar-refractivity contribution is 7.89. The Balaban J connectivity index is 1.56. The van der Waals surface area contributed by atoms with Gasteiger partial charge in [-0.25, -0.2) is 13.4 Å². The first-order valence-electron chi connectivity index (χ1n) is 11.8. The van der Waals surface area contributed by atoms with Gasteiger partial charge in [-0.1, -0.05) is 36.4 Å². The fourth-order valence-corrected chi connectivity index (χ4v) is 6.00. The molecule has 4 rings (SSSR count). The zero-order valence-corrected chi connectivity index (χ0v) is 20.9. The first kappa shape index (κ1) is 24.9. The van der Waals surface area contributed by atoms with Crippen LogP contribution in [0.25, 0.3) is 0 Å². The van der Waals surface area contributed by atoms with E-state index in [1.807, 2.05) is 44.2 Å². The Kier molecular flexibility index (Phi) is 7.52. The molecule has 1 saturated heterocycles. The number of nitrogens with one attached hydrogen (secondary N) is 1. The zero-order valence-electron chi connectivity index (χ0n) is 20.1. The van der Waals surface area contributed by atoms with E-state index in [0.29, 0.717) is 30.8 Å². The molecule has 1 aromatic heterocycles. The molecule has 1 N–H and O–H groups in total. The molecule has 2 aromatic carbocycles. The number of nitrogens with zero attached hydrogens (tertiary/aromatic N) is 2. The van der Waals surface area contributed by atoms with Crippen molar-refractivity contribution in [2.24, 2.45) is 0 Å². The van der Waals surface area contributed by atoms with Crippen LogP contribution in [0.2, 0.25) is 0 Å². The van der Waals surface area contributed by atoms with Crippen molar-refractivity contribution in [3.63, 3.8) is 0 Å².